The molecular formula is C28H22O4. The van der Waals surface area contributed by atoms with Gasteiger partial charge >= 0.3 is 11.9 Å². The fourth-order valence-corrected chi connectivity index (χ4v) is 3.14. The van der Waals surface area contributed by atoms with E-state index in [9.17, 15) is 9.59 Å². The maximum atomic E-state index is 12.5. The summed E-state index contributed by atoms with van der Waals surface area (Å²) in [6.45, 7) is 4.01. The average molecular weight is 422 g/mol. The second kappa shape index (κ2) is 9.31. The molecule has 4 aromatic carbocycles. The summed E-state index contributed by atoms with van der Waals surface area (Å²) in [6.07, 6.45) is 0. The molecule has 0 saturated heterocycles. The van der Waals surface area contributed by atoms with Gasteiger partial charge in [-0.1, -0.05) is 59.7 Å². The number of carbonyl (C=O) groups excluding carboxylic acids is 2. The topological polar surface area (TPSA) is 52.6 Å². The predicted octanol–water partition coefficient (Wildman–Crippen LogP) is 6.41. The van der Waals surface area contributed by atoms with Crippen LogP contribution in [0.2, 0.25) is 0 Å². The van der Waals surface area contributed by atoms with E-state index in [4.69, 9.17) is 9.47 Å². The Labute approximate surface area is 187 Å². The second-order valence-electron chi connectivity index (χ2n) is 7.56. The van der Waals surface area contributed by atoms with Crippen LogP contribution in [-0.4, -0.2) is 11.9 Å². The molecule has 0 bridgehead atoms. The minimum atomic E-state index is -0.474. The first-order valence-corrected chi connectivity index (χ1v) is 10.3. The van der Waals surface area contributed by atoms with Gasteiger partial charge in [-0.25, -0.2) is 9.59 Å². The lowest BCUT2D eigenvalue weighted by molar-refractivity contribution is 0.0730. The zero-order chi connectivity index (χ0) is 22.5. The molecule has 0 atom stereocenters. The fourth-order valence-electron chi connectivity index (χ4n) is 3.14. The molecule has 0 aliphatic carbocycles. The number of carbonyl (C=O) groups is 2. The molecule has 0 N–H and O–H groups in total. The second-order valence-corrected chi connectivity index (χ2v) is 7.56. The first-order valence-electron chi connectivity index (χ1n) is 10.3. The fraction of sp³-hybridized carbons (Fsp3) is 0.0714. The van der Waals surface area contributed by atoms with Crippen LogP contribution in [0.4, 0.5) is 0 Å². The summed E-state index contributed by atoms with van der Waals surface area (Å²) >= 11 is 0. The van der Waals surface area contributed by atoms with Crippen LogP contribution in [0.3, 0.4) is 0 Å². The van der Waals surface area contributed by atoms with Crippen molar-refractivity contribution in [2.75, 3.05) is 0 Å². The van der Waals surface area contributed by atoms with E-state index in [1.54, 1.807) is 48.5 Å². The van der Waals surface area contributed by atoms with Crippen LogP contribution < -0.4 is 9.47 Å². The zero-order valence-corrected chi connectivity index (χ0v) is 17.9. The first-order chi connectivity index (χ1) is 15.5. The Morgan fingerprint density at radius 2 is 0.781 bits per heavy atom. The largest absolute Gasteiger partial charge is 0.423 e. The number of rotatable bonds is 5. The van der Waals surface area contributed by atoms with E-state index in [0.717, 1.165) is 16.7 Å². The summed E-state index contributed by atoms with van der Waals surface area (Å²) in [7, 11) is 0. The summed E-state index contributed by atoms with van der Waals surface area (Å²) in [6, 6.07) is 29.0. The van der Waals surface area contributed by atoms with E-state index >= 15 is 0 Å². The summed E-state index contributed by atoms with van der Waals surface area (Å²) in [4.78, 5) is 24.8. The molecule has 0 aliphatic heterocycles. The van der Waals surface area contributed by atoms with E-state index < -0.39 is 11.9 Å². The van der Waals surface area contributed by atoms with Gasteiger partial charge < -0.3 is 9.47 Å². The minimum Gasteiger partial charge on any atom is -0.423 e. The summed E-state index contributed by atoms with van der Waals surface area (Å²) in [5.41, 5.74) is 5.21. The Balaban J connectivity index is 1.38. The Hall–Kier alpha value is -4.18. The molecule has 0 aliphatic rings. The lowest BCUT2D eigenvalue weighted by Crippen LogP contribution is -2.10. The highest BCUT2D eigenvalue weighted by Crippen LogP contribution is 2.22. The van der Waals surface area contributed by atoms with Crippen LogP contribution in [0.1, 0.15) is 31.8 Å². The first kappa shape index (κ1) is 21.1. The molecule has 0 aromatic heterocycles. The molecule has 0 spiro atoms. The van der Waals surface area contributed by atoms with Crippen LogP contribution in [0, 0.1) is 13.8 Å². The van der Waals surface area contributed by atoms with Crippen molar-refractivity contribution in [3.8, 4) is 22.6 Å². The highest BCUT2D eigenvalue weighted by atomic mass is 16.5. The molecule has 4 nitrogen and oxygen atoms in total. The number of benzene rings is 4. The van der Waals surface area contributed by atoms with Gasteiger partial charge in [0.1, 0.15) is 11.5 Å². The van der Waals surface area contributed by atoms with Gasteiger partial charge in [0, 0.05) is 0 Å². The van der Waals surface area contributed by atoms with Crippen molar-refractivity contribution in [1.82, 2.24) is 0 Å². The molecule has 0 amide bonds. The van der Waals surface area contributed by atoms with Crippen LogP contribution in [0.15, 0.2) is 97.1 Å². The predicted molar refractivity (Wildman–Crippen MR) is 124 cm³/mol. The van der Waals surface area contributed by atoms with E-state index in [2.05, 4.69) is 12.1 Å². The quantitative estimate of drug-likeness (QED) is 0.275. The molecule has 158 valence electrons. The molecule has 0 radical (unpaired) electrons. The zero-order valence-electron chi connectivity index (χ0n) is 17.9. The van der Waals surface area contributed by atoms with Gasteiger partial charge in [-0.15, -0.1) is 0 Å². The van der Waals surface area contributed by atoms with Gasteiger partial charge in [-0.2, -0.15) is 0 Å². The van der Waals surface area contributed by atoms with Crippen LogP contribution in [0.25, 0.3) is 11.1 Å². The molecule has 0 saturated carbocycles. The monoisotopic (exact) mass is 422 g/mol. The van der Waals surface area contributed by atoms with E-state index in [1.165, 1.54) is 5.56 Å². The molecule has 0 unspecified atom stereocenters. The molecule has 0 fully saturated rings. The average Bonchev–Trinajstić information content (AvgIpc) is 2.81. The Morgan fingerprint density at radius 3 is 1.22 bits per heavy atom. The Kier molecular flexibility index (Phi) is 6.13. The third-order valence-corrected chi connectivity index (χ3v) is 5.04. The number of esters is 2. The van der Waals surface area contributed by atoms with Crippen molar-refractivity contribution in [2.45, 2.75) is 13.8 Å². The van der Waals surface area contributed by atoms with Gasteiger partial charge in [-0.3, -0.25) is 0 Å². The lowest BCUT2D eigenvalue weighted by Gasteiger charge is -2.08. The maximum absolute atomic E-state index is 12.5. The lowest BCUT2D eigenvalue weighted by atomic mass is 10.0. The third-order valence-electron chi connectivity index (χ3n) is 5.04. The van der Waals surface area contributed by atoms with Crippen molar-refractivity contribution in [3.05, 3.63) is 119 Å². The van der Waals surface area contributed by atoms with E-state index in [1.807, 2.05) is 50.2 Å². The Morgan fingerprint density at radius 1 is 0.469 bits per heavy atom. The van der Waals surface area contributed by atoms with Crippen molar-refractivity contribution >= 4 is 11.9 Å². The highest BCUT2D eigenvalue weighted by molar-refractivity contribution is 5.93. The van der Waals surface area contributed by atoms with Crippen molar-refractivity contribution in [3.63, 3.8) is 0 Å². The summed E-state index contributed by atoms with van der Waals surface area (Å²) in [5.74, 6) is -0.108. The number of hydrogen-bond donors (Lipinski definition) is 0. The summed E-state index contributed by atoms with van der Waals surface area (Å²) < 4.78 is 10.8. The molecule has 0 heterocycles. The summed E-state index contributed by atoms with van der Waals surface area (Å²) in [5, 5.41) is 0. The number of hydrogen-bond acceptors (Lipinski definition) is 4. The van der Waals surface area contributed by atoms with Crippen LogP contribution in [-0.2, 0) is 0 Å². The number of ether oxygens (including phenoxy) is 2. The van der Waals surface area contributed by atoms with Crippen molar-refractivity contribution < 1.29 is 19.1 Å². The normalized spacial score (nSPS) is 10.4. The van der Waals surface area contributed by atoms with Gasteiger partial charge in [-0.05, 0) is 73.5 Å². The smallest absolute Gasteiger partial charge is 0.343 e. The molecule has 32 heavy (non-hydrogen) atoms. The molecule has 4 aromatic rings. The van der Waals surface area contributed by atoms with Crippen LogP contribution in [0.5, 0.6) is 11.5 Å². The van der Waals surface area contributed by atoms with Gasteiger partial charge in [0.15, 0.2) is 0 Å². The molecule has 4 heteroatoms. The standard InChI is InChI=1S/C28H22O4/c1-19-3-7-21(8-4-19)22-9-11-23(12-10-22)27(29)32-26-17-13-24(14-18-26)28(30)31-25-15-5-20(2)6-16-25/h3-18H,1-2H3. The van der Waals surface area contributed by atoms with Crippen LogP contribution >= 0.6 is 0 Å². The molecular weight excluding hydrogens is 400 g/mol. The van der Waals surface area contributed by atoms with Gasteiger partial charge in [0.05, 0.1) is 11.1 Å². The SMILES string of the molecule is Cc1ccc(OC(=O)c2ccc(OC(=O)c3ccc(-c4ccc(C)cc4)cc3)cc2)cc1. The number of aryl methyl sites for hydroxylation is 2. The van der Waals surface area contributed by atoms with E-state index in [0.29, 0.717) is 22.6 Å². The van der Waals surface area contributed by atoms with E-state index in [-0.39, 0.29) is 0 Å². The van der Waals surface area contributed by atoms with Gasteiger partial charge in [0.25, 0.3) is 0 Å². The molecule has 4 rings (SSSR count). The Bertz CT molecular complexity index is 1220. The van der Waals surface area contributed by atoms with Crippen molar-refractivity contribution in [1.29, 1.82) is 0 Å². The maximum Gasteiger partial charge on any atom is 0.343 e. The minimum absolute atomic E-state index is 0.351. The highest BCUT2D eigenvalue weighted by Gasteiger charge is 2.12. The van der Waals surface area contributed by atoms with Crippen molar-refractivity contribution in [2.24, 2.45) is 0 Å². The van der Waals surface area contributed by atoms with Gasteiger partial charge in [0.2, 0.25) is 0 Å². The third kappa shape index (κ3) is 5.10.